The smallest absolute Gasteiger partial charge is 0.415 e. The molecule has 1 amide bonds. The third kappa shape index (κ3) is 5.40. The van der Waals surface area contributed by atoms with Crippen molar-refractivity contribution in [3.63, 3.8) is 0 Å². The number of benzene rings is 2. The van der Waals surface area contributed by atoms with Crippen LogP contribution < -0.4 is 15.0 Å². The highest BCUT2D eigenvalue weighted by atomic mass is 16.6. The van der Waals surface area contributed by atoms with Gasteiger partial charge in [-0.15, -0.1) is 0 Å². The molecule has 4 aromatic rings. The van der Waals surface area contributed by atoms with Crippen molar-refractivity contribution in [2.75, 3.05) is 47.9 Å². The summed E-state index contributed by atoms with van der Waals surface area (Å²) in [5.41, 5.74) is 1.39. The van der Waals surface area contributed by atoms with E-state index in [4.69, 9.17) is 14.2 Å². The van der Waals surface area contributed by atoms with Gasteiger partial charge in [-0.25, -0.2) is 4.79 Å². The number of hydrogen-bond acceptors (Lipinski definition) is 8. The first kappa shape index (κ1) is 26.9. The van der Waals surface area contributed by atoms with Gasteiger partial charge in [0.15, 0.2) is 11.5 Å². The number of carbonyl (C=O) groups is 2. The zero-order valence-electron chi connectivity index (χ0n) is 22.3. The molecule has 200 valence electrons. The second-order valence-electron chi connectivity index (χ2n) is 9.21. The number of hydrogen-bond donors (Lipinski definition) is 0. The van der Waals surface area contributed by atoms with E-state index in [9.17, 15) is 14.4 Å². The fraction of sp³-hybridized carbons (Fsp3) is 0.357. The van der Waals surface area contributed by atoms with Crippen LogP contribution in [0.3, 0.4) is 0 Å². The Bertz CT molecular complexity index is 1560. The lowest BCUT2D eigenvalue weighted by molar-refractivity contribution is -0.143. The van der Waals surface area contributed by atoms with E-state index in [1.54, 1.807) is 29.8 Å². The summed E-state index contributed by atoms with van der Waals surface area (Å²) >= 11 is 0. The molecule has 0 atom stereocenters. The van der Waals surface area contributed by atoms with Crippen molar-refractivity contribution in [1.29, 1.82) is 0 Å². The fourth-order valence-corrected chi connectivity index (χ4v) is 4.24. The number of likely N-dealkylation sites (N-methyl/N-ethyl adjacent to an activating group) is 2. The number of fused-ring (bicyclic) bond motifs is 5. The highest BCUT2D eigenvalue weighted by Crippen LogP contribution is 2.36. The summed E-state index contributed by atoms with van der Waals surface area (Å²) in [4.78, 5) is 45.9. The van der Waals surface area contributed by atoms with E-state index in [0.29, 0.717) is 29.6 Å². The molecular weight excluding hydrogens is 488 g/mol. The predicted octanol–water partition coefficient (Wildman–Crippen LogP) is 3.66. The van der Waals surface area contributed by atoms with Gasteiger partial charge in [0.1, 0.15) is 6.61 Å². The highest BCUT2D eigenvalue weighted by molar-refractivity contribution is 6.14. The van der Waals surface area contributed by atoms with Gasteiger partial charge in [-0.05, 0) is 32.3 Å². The molecule has 38 heavy (non-hydrogen) atoms. The van der Waals surface area contributed by atoms with Gasteiger partial charge < -0.3 is 28.6 Å². The van der Waals surface area contributed by atoms with Crippen molar-refractivity contribution in [3.05, 3.63) is 52.9 Å². The lowest BCUT2D eigenvalue weighted by Gasteiger charge is -2.20. The number of methoxy groups -OCH3 is 1. The van der Waals surface area contributed by atoms with Gasteiger partial charge in [-0.3, -0.25) is 14.6 Å². The van der Waals surface area contributed by atoms with Crippen molar-refractivity contribution >= 4 is 44.6 Å². The fourth-order valence-electron chi connectivity index (χ4n) is 4.24. The minimum atomic E-state index is -0.670. The Morgan fingerprint density at radius 3 is 2.42 bits per heavy atom. The van der Waals surface area contributed by atoms with Gasteiger partial charge in [-0.1, -0.05) is 25.1 Å². The molecule has 0 saturated heterocycles. The normalized spacial score (nSPS) is 11.3. The standard InChI is InChI=1S/C28H32N4O6/c1-6-25(33)37-14-13-31(4)28(35)38-24-16-20-19(15-23(24)36-5)21-17-29-22-10-8-7-9-18(22)26(21)32(27(20)34)12-11-30(2)3/h7-10,15-17H,6,11-14H2,1-5H3. The topological polar surface area (TPSA) is 103 Å². The first-order chi connectivity index (χ1) is 18.2. The van der Waals surface area contributed by atoms with E-state index in [-0.39, 0.29) is 36.9 Å². The molecule has 0 fully saturated rings. The van der Waals surface area contributed by atoms with E-state index in [1.165, 1.54) is 19.1 Å². The molecule has 0 aliphatic rings. The van der Waals surface area contributed by atoms with E-state index in [2.05, 4.69) is 4.98 Å². The molecule has 2 heterocycles. The number of aromatic nitrogens is 2. The molecule has 0 unspecified atom stereocenters. The average molecular weight is 521 g/mol. The number of rotatable bonds is 9. The van der Waals surface area contributed by atoms with Crippen LogP contribution in [0.25, 0.3) is 32.6 Å². The molecule has 10 heteroatoms. The molecule has 0 saturated carbocycles. The third-order valence-corrected chi connectivity index (χ3v) is 6.34. The van der Waals surface area contributed by atoms with Gasteiger partial charge >= 0.3 is 12.1 Å². The van der Waals surface area contributed by atoms with Crippen LogP contribution in [0.15, 0.2) is 47.4 Å². The van der Waals surface area contributed by atoms with Gasteiger partial charge in [0.25, 0.3) is 5.56 Å². The summed E-state index contributed by atoms with van der Waals surface area (Å²) in [6.45, 7) is 3.02. The summed E-state index contributed by atoms with van der Waals surface area (Å²) in [6.07, 6.45) is 1.35. The van der Waals surface area contributed by atoms with Crippen LogP contribution in [0.4, 0.5) is 4.79 Å². The zero-order valence-corrected chi connectivity index (χ0v) is 22.3. The molecule has 10 nitrogen and oxygen atoms in total. The Morgan fingerprint density at radius 1 is 0.974 bits per heavy atom. The summed E-state index contributed by atoms with van der Waals surface area (Å²) in [5.74, 6) is 0.0753. The predicted molar refractivity (Wildman–Crippen MR) is 146 cm³/mol. The monoisotopic (exact) mass is 520 g/mol. The van der Waals surface area contributed by atoms with Crippen LogP contribution in [0.2, 0.25) is 0 Å². The molecular formula is C28H32N4O6. The third-order valence-electron chi connectivity index (χ3n) is 6.34. The summed E-state index contributed by atoms with van der Waals surface area (Å²) in [5, 5.41) is 2.71. The number of esters is 1. The number of nitrogens with zero attached hydrogens (tertiary/aromatic N) is 4. The maximum atomic E-state index is 13.9. The van der Waals surface area contributed by atoms with Crippen LogP contribution in [0.5, 0.6) is 11.5 Å². The Kier molecular flexibility index (Phi) is 8.11. The summed E-state index contributed by atoms with van der Waals surface area (Å²) in [6, 6.07) is 11.0. The van der Waals surface area contributed by atoms with Crippen LogP contribution in [0.1, 0.15) is 13.3 Å². The highest BCUT2D eigenvalue weighted by Gasteiger charge is 2.20. The van der Waals surface area contributed by atoms with Crippen LogP contribution in [0, 0.1) is 0 Å². The second-order valence-corrected chi connectivity index (χ2v) is 9.21. The van der Waals surface area contributed by atoms with Crippen molar-refractivity contribution in [2.45, 2.75) is 19.9 Å². The first-order valence-corrected chi connectivity index (χ1v) is 12.4. The van der Waals surface area contributed by atoms with E-state index in [0.717, 1.165) is 21.8 Å². The van der Waals surface area contributed by atoms with Crippen molar-refractivity contribution in [1.82, 2.24) is 19.4 Å². The Balaban J connectivity index is 1.81. The van der Waals surface area contributed by atoms with Gasteiger partial charge in [0.05, 0.1) is 30.1 Å². The average Bonchev–Trinajstić information content (AvgIpc) is 2.92. The van der Waals surface area contributed by atoms with E-state index >= 15 is 0 Å². The molecule has 0 bridgehead atoms. The SMILES string of the molecule is CCC(=O)OCCN(C)C(=O)Oc1cc2c(=O)n(CCN(C)C)c3c4ccccc4ncc3c2cc1OC. The number of para-hydroxylation sites is 1. The molecule has 0 aliphatic heterocycles. The minimum absolute atomic E-state index is 0.0522. The van der Waals surface area contributed by atoms with E-state index < -0.39 is 6.09 Å². The lowest BCUT2D eigenvalue weighted by atomic mass is 10.0. The largest absolute Gasteiger partial charge is 0.493 e. The van der Waals surface area contributed by atoms with Gasteiger partial charge in [0, 0.05) is 48.9 Å². The minimum Gasteiger partial charge on any atom is -0.493 e. The lowest BCUT2D eigenvalue weighted by Crippen LogP contribution is -2.33. The van der Waals surface area contributed by atoms with Crippen LogP contribution in [-0.4, -0.2) is 79.4 Å². The number of amides is 1. The van der Waals surface area contributed by atoms with Crippen molar-refractivity contribution in [3.8, 4) is 11.5 Å². The number of carbonyl (C=O) groups excluding carboxylic acids is 2. The first-order valence-electron chi connectivity index (χ1n) is 12.4. The maximum absolute atomic E-state index is 13.9. The second kappa shape index (κ2) is 11.5. The van der Waals surface area contributed by atoms with Gasteiger partial charge in [-0.2, -0.15) is 0 Å². The molecule has 0 radical (unpaired) electrons. The zero-order chi connectivity index (χ0) is 27.4. The molecule has 2 aromatic carbocycles. The maximum Gasteiger partial charge on any atom is 0.415 e. The summed E-state index contributed by atoms with van der Waals surface area (Å²) in [7, 11) is 6.92. The van der Waals surface area contributed by atoms with Crippen LogP contribution in [-0.2, 0) is 16.1 Å². The van der Waals surface area contributed by atoms with Crippen LogP contribution >= 0.6 is 0 Å². The summed E-state index contributed by atoms with van der Waals surface area (Å²) < 4.78 is 18.0. The Hall–Kier alpha value is -4.18. The molecule has 0 aliphatic carbocycles. The molecule has 0 spiro atoms. The van der Waals surface area contributed by atoms with E-state index in [1.807, 2.05) is 43.3 Å². The van der Waals surface area contributed by atoms with Crippen molar-refractivity contribution < 1.29 is 23.8 Å². The number of pyridine rings is 2. The Labute approximate surface area is 220 Å². The molecule has 4 rings (SSSR count). The molecule has 0 N–H and O–H groups in total. The Morgan fingerprint density at radius 2 is 1.71 bits per heavy atom. The molecule has 2 aromatic heterocycles. The van der Waals surface area contributed by atoms with Gasteiger partial charge in [0.2, 0.25) is 0 Å². The quantitative estimate of drug-likeness (QED) is 0.243. The van der Waals surface area contributed by atoms with Crippen molar-refractivity contribution in [2.24, 2.45) is 0 Å². The number of ether oxygens (including phenoxy) is 3.